The van der Waals surface area contributed by atoms with Crippen molar-refractivity contribution in [2.24, 2.45) is 0 Å². The molecular formula is C22H30N2O3S. The fourth-order valence-corrected chi connectivity index (χ4v) is 5.07. The predicted octanol–water partition coefficient (Wildman–Crippen LogP) is 4.30. The maximum absolute atomic E-state index is 13.1. The second kappa shape index (κ2) is 8.45. The van der Waals surface area contributed by atoms with E-state index in [9.17, 15) is 13.2 Å². The van der Waals surface area contributed by atoms with E-state index in [2.05, 4.69) is 19.2 Å². The highest BCUT2D eigenvalue weighted by molar-refractivity contribution is 7.89. The van der Waals surface area contributed by atoms with Crippen molar-refractivity contribution in [3.05, 3.63) is 58.1 Å². The number of anilines is 1. The van der Waals surface area contributed by atoms with Gasteiger partial charge in [-0.2, -0.15) is 4.31 Å². The average molecular weight is 403 g/mol. The molecule has 0 aliphatic carbocycles. The molecule has 0 aromatic heterocycles. The first-order valence-electron chi connectivity index (χ1n) is 9.38. The molecule has 0 heterocycles. The molecule has 2 aromatic rings. The lowest BCUT2D eigenvalue weighted by Gasteiger charge is -2.21. The van der Waals surface area contributed by atoms with Crippen LogP contribution in [-0.2, 0) is 14.8 Å². The molecule has 6 heteroatoms. The highest BCUT2D eigenvalue weighted by Crippen LogP contribution is 2.28. The Balaban J connectivity index is 2.26. The molecule has 0 bridgehead atoms. The molecule has 2 rings (SSSR count). The van der Waals surface area contributed by atoms with Crippen LogP contribution in [0.25, 0.3) is 0 Å². The maximum atomic E-state index is 13.1. The van der Waals surface area contributed by atoms with Gasteiger partial charge in [0.05, 0.1) is 11.4 Å². The molecule has 0 radical (unpaired) electrons. The van der Waals surface area contributed by atoms with Gasteiger partial charge in [-0.3, -0.25) is 4.79 Å². The Morgan fingerprint density at radius 1 is 1.04 bits per heavy atom. The number of benzene rings is 2. The van der Waals surface area contributed by atoms with Crippen molar-refractivity contribution in [1.82, 2.24) is 4.31 Å². The molecule has 28 heavy (non-hydrogen) atoms. The normalized spacial score (nSPS) is 11.9. The number of carbonyl (C=O) groups excluding carboxylic acids is 1. The van der Waals surface area contributed by atoms with E-state index >= 15 is 0 Å². The van der Waals surface area contributed by atoms with Crippen LogP contribution in [0.2, 0.25) is 0 Å². The van der Waals surface area contributed by atoms with Crippen molar-refractivity contribution in [2.45, 2.75) is 52.4 Å². The zero-order valence-electron chi connectivity index (χ0n) is 17.8. The summed E-state index contributed by atoms with van der Waals surface area (Å²) in [6, 6.07) is 9.56. The summed E-state index contributed by atoms with van der Waals surface area (Å²) < 4.78 is 27.2. The van der Waals surface area contributed by atoms with Crippen LogP contribution in [0.3, 0.4) is 0 Å². The van der Waals surface area contributed by atoms with E-state index < -0.39 is 10.0 Å². The number of amides is 1. The van der Waals surface area contributed by atoms with Crippen molar-refractivity contribution >= 4 is 21.6 Å². The second-order valence-electron chi connectivity index (χ2n) is 7.73. The molecule has 0 aliphatic rings. The number of carbonyl (C=O) groups is 1. The van der Waals surface area contributed by atoms with Crippen LogP contribution >= 0.6 is 0 Å². The van der Waals surface area contributed by atoms with E-state index in [1.165, 1.54) is 7.05 Å². The van der Waals surface area contributed by atoms with Crippen molar-refractivity contribution in [2.75, 3.05) is 18.9 Å². The van der Waals surface area contributed by atoms with E-state index in [0.717, 1.165) is 26.7 Å². The molecule has 2 aromatic carbocycles. The molecule has 0 aliphatic heterocycles. The van der Waals surface area contributed by atoms with Gasteiger partial charge in [0.15, 0.2) is 0 Å². The molecule has 152 valence electrons. The van der Waals surface area contributed by atoms with Gasteiger partial charge in [0.25, 0.3) is 0 Å². The minimum atomic E-state index is -3.77. The summed E-state index contributed by atoms with van der Waals surface area (Å²) >= 11 is 0. The Morgan fingerprint density at radius 2 is 1.61 bits per heavy atom. The number of nitrogens with zero attached hydrogens (tertiary/aromatic N) is 1. The Hall–Kier alpha value is -2.18. The molecule has 1 amide bonds. The smallest absolute Gasteiger partial charge is 0.243 e. The molecule has 5 nitrogen and oxygen atoms in total. The number of aryl methyl sites for hydroxylation is 4. The van der Waals surface area contributed by atoms with E-state index in [-0.39, 0.29) is 23.3 Å². The average Bonchev–Trinajstić information content (AvgIpc) is 2.55. The monoisotopic (exact) mass is 402 g/mol. The minimum absolute atomic E-state index is 0.245. The van der Waals surface area contributed by atoms with E-state index in [0.29, 0.717) is 11.1 Å². The summed E-state index contributed by atoms with van der Waals surface area (Å²) in [5.41, 5.74) is 5.13. The van der Waals surface area contributed by atoms with Crippen LogP contribution in [0.1, 0.15) is 47.6 Å². The number of hydrogen-bond acceptors (Lipinski definition) is 3. The molecule has 0 fully saturated rings. The van der Waals surface area contributed by atoms with Crippen molar-refractivity contribution in [3.63, 3.8) is 0 Å². The van der Waals surface area contributed by atoms with Crippen LogP contribution in [0.5, 0.6) is 0 Å². The maximum Gasteiger partial charge on any atom is 0.243 e. The first-order valence-corrected chi connectivity index (χ1v) is 10.8. The minimum Gasteiger partial charge on any atom is -0.324 e. The Bertz CT molecular complexity index is 972. The zero-order valence-corrected chi connectivity index (χ0v) is 18.6. The van der Waals surface area contributed by atoms with Gasteiger partial charge >= 0.3 is 0 Å². The quantitative estimate of drug-likeness (QED) is 0.783. The van der Waals surface area contributed by atoms with Crippen LogP contribution < -0.4 is 5.32 Å². The Kier molecular flexibility index (Phi) is 6.67. The van der Waals surface area contributed by atoms with E-state index in [1.54, 1.807) is 13.8 Å². The van der Waals surface area contributed by atoms with Gasteiger partial charge in [-0.15, -0.1) is 0 Å². The first-order chi connectivity index (χ1) is 12.9. The highest BCUT2D eigenvalue weighted by atomic mass is 32.2. The largest absolute Gasteiger partial charge is 0.324 e. The lowest BCUT2D eigenvalue weighted by atomic mass is 9.98. The summed E-state index contributed by atoms with van der Waals surface area (Å²) in [6.07, 6.45) is 0. The third-order valence-electron chi connectivity index (χ3n) is 4.83. The zero-order chi connectivity index (χ0) is 21.2. The van der Waals surface area contributed by atoms with Gasteiger partial charge in [-0.25, -0.2) is 8.42 Å². The molecule has 0 saturated carbocycles. The lowest BCUT2D eigenvalue weighted by molar-refractivity contribution is -0.116. The molecule has 0 saturated heterocycles. The van der Waals surface area contributed by atoms with Gasteiger partial charge in [0, 0.05) is 12.7 Å². The Labute approximate surface area is 168 Å². The summed E-state index contributed by atoms with van der Waals surface area (Å²) in [5, 5.41) is 2.91. The summed E-state index contributed by atoms with van der Waals surface area (Å²) in [4.78, 5) is 12.9. The number of nitrogens with one attached hydrogen (secondary N) is 1. The Morgan fingerprint density at radius 3 is 2.14 bits per heavy atom. The molecule has 0 spiro atoms. The van der Waals surface area contributed by atoms with Crippen molar-refractivity contribution < 1.29 is 13.2 Å². The van der Waals surface area contributed by atoms with Crippen LogP contribution in [0, 0.1) is 27.7 Å². The highest BCUT2D eigenvalue weighted by Gasteiger charge is 2.27. The number of sulfonamides is 1. The number of likely N-dealkylation sites (N-methyl/N-ethyl adjacent to an activating group) is 1. The van der Waals surface area contributed by atoms with Gasteiger partial charge in [-0.05, 0) is 55.9 Å². The summed E-state index contributed by atoms with van der Waals surface area (Å²) in [5.74, 6) is -0.112. The van der Waals surface area contributed by atoms with Crippen LogP contribution in [0.15, 0.2) is 35.2 Å². The van der Waals surface area contributed by atoms with Gasteiger partial charge in [-0.1, -0.05) is 49.7 Å². The predicted molar refractivity (Wildman–Crippen MR) is 114 cm³/mol. The second-order valence-corrected chi connectivity index (χ2v) is 9.71. The van der Waals surface area contributed by atoms with Gasteiger partial charge in [0.2, 0.25) is 15.9 Å². The fraction of sp³-hybridized carbons (Fsp3) is 0.409. The van der Waals surface area contributed by atoms with Gasteiger partial charge < -0.3 is 5.32 Å². The van der Waals surface area contributed by atoms with E-state index in [4.69, 9.17) is 0 Å². The van der Waals surface area contributed by atoms with Crippen molar-refractivity contribution in [3.8, 4) is 0 Å². The van der Waals surface area contributed by atoms with Crippen LogP contribution in [-0.4, -0.2) is 32.2 Å². The summed E-state index contributed by atoms with van der Waals surface area (Å²) in [7, 11) is -2.33. The first kappa shape index (κ1) is 22.1. The summed E-state index contributed by atoms with van der Waals surface area (Å²) in [6.45, 7) is 11.3. The van der Waals surface area contributed by atoms with E-state index in [1.807, 2.05) is 44.2 Å². The number of hydrogen-bond donors (Lipinski definition) is 1. The molecule has 1 N–H and O–H groups in total. The molecular weight excluding hydrogens is 372 g/mol. The molecule has 0 unspecified atom stereocenters. The third kappa shape index (κ3) is 4.62. The van der Waals surface area contributed by atoms with Crippen LogP contribution in [0.4, 0.5) is 5.69 Å². The third-order valence-corrected chi connectivity index (χ3v) is 6.94. The van der Waals surface area contributed by atoms with Gasteiger partial charge in [0.1, 0.15) is 0 Å². The SMILES string of the molecule is Cc1cc(C)c(S(=O)(=O)N(C)CC(=O)Nc2c(C)cccc2C(C)C)c(C)c1. The number of para-hydroxylation sites is 1. The molecule has 0 atom stereocenters. The standard InChI is InChI=1S/C22H30N2O3S/c1-14(2)19-10-8-9-16(4)21(19)23-20(25)13-24(7)28(26,27)22-17(5)11-15(3)12-18(22)6/h8-12,14H,13H2,1-7H3,(H,23,25). The van der Waals surface area contributed by atoms with Crippen molar-refractivity contribution in [1.29, 1.82) is 0 Å². The fourth-order valence-electron chi connectivity index (χ4n) is 3.54. The number of rotatable bonds is 6. The topological polar surface area (TPSA) is 66.5 Å². The lowest BCUT2D eigenvalue weighted by Crippen LogP contribution is -2.36.